The number of alkyl halides is 1. The van der Waals surface area contributed by atoms with Crippen molar-refractivity contribution >= 4 is 5.97 Å². The highest BCUT2D eigenvalue weighted by atomic mass is 19.1. The van der Waals surface area contributed by atoms with Crippen LogP contribution in [0.15, 0.2) is 0 Å². The summed E-state index contributed by atoms with van der Waals surface area (Å²) in [7, 11) is 0. The van der Waals surface area contributed by atoms with Crippen LogP contribution in [-0.2, 0) is 4.79 Å². The molecule has 66 valence electrons. The number of carboxylic acids is 1. The fourth-order valence-corrected chi connectivity index (χ4v) is 0.602. The summed E-state index contributed by atoms with van der Waals surface area (Å²) in [6.45, 7) is -0.0770. The molecule has 11 heavy (non-hydrogen) atoms. The van der Waals surface area contributed by atoms with Gasteiger partial charge in [-0.15, -0.1) is 0 Å². The molecule has 0 saturated carbocycles. The zero-order chi connectivity index (χ0) is 8.85. The lowest BCUT2D eigenvalue weighted by Crippen LogP contribution is -2.31. The van der Waals surface area contributed by atoms with Crippen LogP contribution in [0.1, 0.15) is 12.8 Å². The number of carbonyl (C=O) groups is 1. The molecule has 0 radical (unpaired) electrons. The van der Waals surface area contributed by atoms with Gasteiger partial charge >= 0.3 is 5.97 Å². The molecule has 2 atom stereocenters. The molecule has 0 aliphatic rings. The van der Waals surface area contributed by atoms with Gasteiger partial charge in [0, 0.05) is 6.54 Å². The van der Waals surface area contributed by atoms with Crippen LogP contribution >= 0.6 is 0 Å². The maximum Gasteiger partial charge on any atom is 0.320 e. The molecule has 0 aliphatic heterocycles. The van der Waals surface area contributed by atoms with Gasteiger partial charge in [-0.05, 0) is 12.8 Å². The predicted octanol–water partition coefficient (Wildman–Crippen LogP) is -0.525. The summed E-state index contributed by atoms with van der Waals surface area (Å²) in [6.07, 6.45) is -0.891. The van der Waals surface area contributed by atoms with Crippen molar-refractivity contribution in [1.82, 2.24) is 0 Å². The monoisotopic (exact) mass is 164 g/mol. The van der Waals surface area contributed by atoms with Crippen LogP contribution in [0.2, 0.25) is 0 Å². The number of hydrogen-bond donors (Lipinski definition) is 3. The van der Waals surface area contributed by atoms with Crippen molar-refractivity contribution in [2.45, 2.75) is 25.1 Å². The van der Waals surface area contributed by atoms with Crippen molar-refractivity contribution < 1.29 is 14.3 Å². The van der Waals surface area contributed by atoms with Crippen LogP contribution in [-0.4, -0.2) is 29.8 Å². The molecule has 0 bridgehead atoms. The third-order valence-corrected chi connectivity index (χ3v) is 1.36. The molecule has 0 aromatic rings. The van der Waals surface area contributed by atoms with Gasteiger partial charge in [0.25, 0.3) is 0 Å². The Morgan fingerprint density at radius 2 is 2.09 bits per heavy atom. The molecule has 5 N–H and O–H groups in total. The van der Waals surface area contributed by atoms with Gasteiger partial charge in [-0.3, -0.25) is 4.79 Å². The Hall–Kier alpha value is -0.680. The Balaban J connectivity index is 3.45. The summed E-state index contributed by atoms with van der Waals surface area (Å²) in [5.41, 5.74) is 10.1. The number of hydrogen-bond acceptors (Lipinski definition) is 3. The topological polar surface area (TPSA) is 89.3 Å². The quantitative estimate of drug-likeness (QED) is 0.509. The summed E-state index contributed by atoms with van der Waals surface area (Å²) in [4.78, 5) is 10.1. The van der Waals surface area contributed by atoms with Gasteiger partial charge in [-0.1, -0.05) is 0 Å². The maximum atomic E-state index is 12.4. The first-order valence-corrected chi connectivity index (χ1v) is 3.40. The van der Waals surface area contributed by atoms with Crippen LogP contribution in [0, 0.1) is 0 Å². The minimum absolute atomic E-state index is 0.0770. The summed E-state index contributed by atoms with van der Waals surface area (Å²) >= 11 is 0. The molecule has 0 amide bonds. The van der Waals surface area contributed by atoms with Gasteiger partial charge in [0.05, 0.1) is 0 Å². The first-order chi connectivity index (χ1) is 5.07. The van der Waals surface area contributed by atoms with Crippen LogP contribution in [0.25, 0.3) is 0 Å². The molecule has 0 heterocycles. The van der Waals surface area contributed by atoms with E-state index in [0.717, 1.165) is 0 Å². The molecular formula is C6H13FN2O2. The minimum Gasteiger partial charge on any atom is -0.480 e. The second-order valence-corrected chi connectivity index (χ2v) is 2.36. The summed E-state index contributed by atoms with van der Waals surface area (Å²) in [6, 6.07) is -0.972. The van der Waals surface area contributed by atoms with Gasteiger partial charge < -0.3 is 16.6 Å². The van der Waals surface area contributed by atoms with E-state index in [1.807, 2.05) is 0 Å². The Morgan fingerprint density at radius 1 is 1.55 bits per heavy atom. The van der Waals surface area contributed by atoms with Gasteiger partial charge in [0.15, 0.2) is 0 Å². The Bertz CT molecular complexity index is 132. The van der Waals surface area contributed by atoms with Gasteiger partial charge in [-0.25, -0.2) is 4.39 Å². The first-order valence-electron chi connectivity index (χ1n) is 3.40. The number of aliphatic carboxylic acids is 1. The zero-order valence-corrected chi connectivity index (χ0v) is 6.16. The molecular weight excluding hydrogens is 151 g/mol. The van der Waals surface area contributed by atoms with E-state index >= 15 is 0 Å². The normalized spacial score (nSPS) is 15.9. The van der Waals surface area contributed by atoms with Crippen LogP contribution in [0.3, 0.4) is 0 Å². The summed E-state index contributed by atoms with van der Waals surface area (Å²) in [5, 5.41) is 8.29. The second-order valence-electron chi connectivity index (χ2n) is 2.36. The molecule has 0 spiro atoms. The highest BCUT2D eigenvalue weighted by Gasteiger charge is 2.13. The fourth-order valence-electron chi connectivity index (χ4n) is 0.602. The average Bonchev–Trinajstić information content (AvgIpc) is 1.99. The van der Waals surface area contributed by atoms with E-state index in [4.69, 9.17) is 16.6 Å². The second kappa shape index (κ2) is 5.03. The fraction of sp³-hybridized carbons (Fsp3) is 0.833. The molecule has 0 fully saturated rings. The molecule has 0 saturated heterocycles. The highest BCUT2D eigenvalue weighted by molar-refractivity contribution is 5.72. The lowest BCUT2D eigenvalue weighted by Gasteiger charge is -2.07. The van der Waals surface area contributed by atoms with E-state index in [1.165, 1.54) is 0 Å². The smallest absolute Gasteiger partial charge is 0.320 e. The van der Waals surface area contributed by atoms with Crippen molar-refractivity contribution in [1.29, 1.82) is 0 Å². The zero-order valence-electron chi connectivity index (χ0n) is 6.16. The Labute approximate surface area is 64.4 Å². The van der Waals surface area contributed by atoms with E-state index in [0.29, 0.717) is 0 Å². The molecule has 5 heteroatoms. The third kappa shape index (κ3) is 4.69. The SMILES string of the molecule is NC[C@@H](F)CC[C@H](N)C(=O)O. The van der Waals surface area contributed by atoms with Gasteiger partial charge in [0.1, 0.15) is 12.2 Å². The number of nitrogens with two attached hydrogens (primary N) is 2. The minimum atomic E-state index is -1.14. The van der Waals surface area contributed by atoms with Gasteiger partial charge in [-0.2, -0.15) is 0 Å². The third-order valence-electron chi connectivity index (χ3n) is 1.36. The standard InChI is InChI=1S/C6H13FN2O2/c7-4(3-8)1-2-5(9)6(10)11/h4-5H,1-3,8-9H2,(H,10,11)/t4-,5-/m0/s1. The molecule has 0 rings (SSSR count). The van der Waals surface area contributed by atoms with E-state index in [9.17, 15) is 9.18 Å². The molecule has 0 aromatic heterocycles. The summed E-state index contributed by atoms with van der Waals surface area (Å²) in [5.74, 6) is -1.10. The number of carboxylic acid groups (broad SMARTS) is 1. The number of rotatable bonds is 5. The molecule has 0 unspecified atom stereocenters. The van der Waals surface area contributed by atoms with Crippen molar-refractivity contribution in [2.24, 2.45) is 11.5 Å². The molecule has 0 aliphatic carbocycles. The van der Waals surface area contributed by atoms with Crippen LogP contribution in [0.4, 0.5) is 4.39 Å². The summed E-state index contributed by atoms with van der Waals surface area (Å²) < 4.78 is 12.4. The molecule has 0 aromatic carbocycles. The first kappa shape index (κ1) is 10.3. The van der Waals surface area contributed by atoms with E-state index in [1.54, 1.807) is 0 Å². The lowest BCUT2D eigenvalue weighted by atomic mass is 10.1. The highest BCUT2D eigenvalue weighted by Crippen LogP contribution is 2.02. The average molecular weight is 164 g/mol. The maximum absolute atomic E-state index is 12.4. The van der Waals surface area contributed by atoms with E-state index in [2.05, 4.69) is 0 Å². The van der Waals surface area contributed by atoms with Crippen LogP contribution in [0.5, 0.6) is 0 Å². The van der Waals surface area contributed by atoms with Crippen LogP contribution < -0.4 is 11.5 Å². The largest absolute Gasteiger partial charge is 0.480 e. The Kier molecular flexibility index (Phi) is 4.72. The van der Waals surface area contributed by atoms with Gasteiger partial charge in [0.2, 0.25) is 0 Å². The molecule has 4 nitrogen and oxygen atoms in total. The van der Waals surface area contributed by atoms with E-state index < -0.39 is 18.2 Å². The predicted molar refractivity (Wildman–Crippen MR) is 38.8 cm³/mol. The van der Waals surface area contributed by atoms with Crippen molar-refractivity contribution in [3.8, 4) is 0 Å². The van der Waals surface area contributed by atoms with Crippen molar-refractivity contribution in [3.05, 3.63) is 0 Å². The van der Waals surface area contributed by atoms with Crippen molar-refractivity contribution in [2.75, 3.05) is 6.54 Å². The lowest BCUT2D eigenvalue weighted by molar-refractivity contribution is -0.138. The van der Waals surface area contributed by atoms with E-state index in [-0.39, 0.29) is 19.4 Å². The van der Waals surface area contributed by atoms with Crippen molar-refractivity contribution in [3.63, 3.8) is 0 Å². The number of halogens is 1. The Morgan fingerprint density at radius 3 is 2.45 bits per heavy atom.